The highest BCUT2D eigenvalue weighted by Crippen LogP contribution is 2.15. The zero-order valence-electron chi connectivity index (χ0n) is 11.9. The fourth-order valence-corrected chi connectivity index (χ4v) is 1.87. The summed E-state index contributed by atoms with van der Waals surface area (Å²) in [6, 6.07) is 3.76. The van der Waals surface area contributed by atoms with Gasteiger partial charge in [-0.25, -0.2) is 4.98 Å². The Hall–Kier alpha value is -2.17. The lowest BCUT2D eigenvalue weighted by molar-refractivity contribution is 0.0953. The Morgan fingerprint density at radius 2 is 2.25 bits per heavy atom. The van der Waals surface area contributed by atoms with Gasteiger partial charge in [0, 0.05) is 36.7 Å². The lowest BCUT2D eigenvalue weighted by atomic mass is 10.0. The molecule has 0 aliphatic carbocycles. The minimum atomic E-state index is -0.0901. The molecule has 0 bridgehead atoms. The van der Waals surface area contributed by atoms with Crippen molar-refractivity contribution in [3.63, 3.8) is 0 Å². The van der Waals surface area contributed by atoms with Crippen LogP contribution in [0.1, 0.15) is 47.9 Å². The summed E-state index contributed by atoms with van der Waals surface area (Å²) in [7, 11) is 0. The monoisotopic (exact) mass is 272 g/mol. The predicted molar refractivity (Wildman–Crippen MR) is 77.6 cm³/mol. The molecule has 0 saturated carbocycles. The van der Waals surface area contributed by atoms with Crippen molar-refractivity contribution in [2.24, 2.45) is 0 Å². The van der Waals surface area contributed by atoms with Crippen LogP contribution in [-0.4, -0.2) is 27.4 Å². The van der Waals surface area contributed by atoms with Crippen LogP contribution in [0.3, 0.4) is 0 Å². The molecule has 0 radical (unpaired) electrons. The molecule has 2 aromatic rings. The van der Waals surface area contributed by atoms with Gasteiger partial charge in [-0.2, -0.15) is 0 Å². The molecule has 0 aliphatic heterocycles. The number of amides is 1. The van der Waals surface area contributed by atoms with Crippen LogP contribution in [0.15, 0.2) is 30.9 Å². The summed E-state index contributed by atoms with van der Waals surface area (Å²) >= 11 is 0. The summed E-state index contributed by atoms with van der Waals surface area (Å²) in [5.74, 6) is 0.334. The minimum absolute atomic E-state index is 0.0901. The van der Waals surface area contributed by atoms with E-state index >= 15 is 0 Å². The highest BCUT2D eigenvalue weighted by Gasteiger charge is 2.08. The molecule has 0 spiro atoms. The predicted octanol–water partition coefficient (Wildman–Crippen LogP) is 2.29. The Labute approximate surface area is 118 Å². The van der Waals surface area contributed by atoms with Crippen LogP contribution in [0.5, 0.6) is 0 Å². The van der Waals surface area contributed by atoms with E-state index in [4.69, 9.17) is 0 Å². The fraction of sp³-hybridized carbons (Fsp3) is 0.400. The Balaban J connectivity index is 1.86. The first-order valence-electron chi connectivity index (χ1n) is 6.92. The molecule has 2 heterocycles. The van der Waals surface area contributed by atoms with Crippen LogP contribution in [0.2, 0.25) is 0 Å². The summed E-state index contributed by atoms with van der Waals surface area (Å²) in [6.07, 6.45) is 6.82. The number of rotatable bonds is 6. The summed E-state index contributed by atoms with van der Waals surface area (Å²) in [4.78, 5) is 23.2. The number of imidazole rings is 1. The number of hydrogen-bond acceptors (Lipinski definition) is 3. The Kier molecular flexibility index (Phi) is 4.87. The van der Waals surface area contributed by atoms with Crippen molar-refractivity contribution < 1.29 is 4.79 Å². The van der Waals surface area contributed by atoms with E-state index in [1.54, 1.807) is 18.7 Å². The largest absolute Gasteiger partial charge is 0.352 e. The molecule has 20 heavy (non-hydrogen) atoms. The van der Waals surface area contributed by atoms with E-state index in [1.165, 1.54) is 0 Å². The number of aromatic nitrogens is 3. The second kappa shape index (κ2) is 6.84. The topological polar surface area (TPSA) is 70.7 Å². The molecule has 0 aromatic carbocycles. The van der Waals surface area contributed by atoms with Crippen molar-refractivity contribution in [2.75, 3.05) is 6.54 Å². The maximum atomic E-state index is 11.9. The number of nitrogens with one attached hydrogen (secondary N) is 2. The van der Waals surface area contributed by atoms with Crippen molar-refractivity contribution in [2.45, 2.75) is 32.6 Å². The first-order chi connectivity index (χ1) is 9.70. The van der Waals surface area contributed by atoms with Crippen LogP contribution in [-0.2, 0) is 6.42 Å². The third kappa shape index (κ3) is 3.66. The molecule has 2 aromatic heterocycles. The lowest BCUT2D eigenvalue weighted by Gasteiger charge is -2.08. The Morgan fingerprint density at radius 3 is 2.85 bits per heavy atom. The van der Waals surface area contributed by atoms with E-state index in [2.05, 4.69) is 34.1 Å². The molecule has 5 nitrogen and oxygen atoms in total. The van der Waals surface area contributed by atoms with Gasteiger partial charge in [0.25, 0.3) is 5.91 Å². The highest BCUT2D eigenvalue weighted by molar-refractivity contribution is 5.93. The summed E-state index contributed by atoms with van der Waals surface area (Å²) < 4.78 is 0. The van der Waals surface area contributed by atoms with Gasteiger partial charge < -0.3 is 10.3 Å². The van der Waals surface area contributed by atoms with Gasteiger partial charge in [-0.1, -0.05) is 13.8 Å². The van der Waals surface area contributed by atoms with Crippen LogP contribution in [0, 0.1) is 0 Å². The number of aromatic amines is 1. The third-order valence-corrected chi connectivity index (χ3v) is 3.40. The van der Waals surface area contributed by atoms with Gasteiger partial charge in [-0.15, -0.1) is 0 Å². The van der Waals surface area contributed by atoms with Crippen LogP contribution in [0.4, 0.5) is 0 Å². The second-order valence-corrected chi connectivity index (χ2v) is 4.86. The fourth-order valence-electron chi connectivity index (χ4n) is 1.87. The first kappa shape index (κ1) is 14.2. The molecule has 1 atom stereocenters. The van der Waals surface area contributed by atoms with Gasteiger partial charge in [-0.3, -0.25) is 9.78 Å². The smallest absolute Gasteiger partial charge is 0.252 e. The average Bonchev–Trinajstić information content (AvgIpc) is 2.99. The number of H-pyrrole nitrogens is 1. The third-order valence-electron chi connectivity index (χ3n) is 3.40. The molecule has 5 heteroatoms. The van der Waals surface area contributed by atoms with Crippen molar-refractivity contribution in [1.29, 1.82) is 0 Å². The van der Waals surface area contributed by atoms with Crippen LogP contribution in [0.25, 0.3) is 0 Å². The highest BCUT2D eigenvalue weighted by atomic mass is 16.1. The van der Waals surface area contributed by atoms with E-state index in [9.17, 15) is 4.79 Å². The van der Waals surface area contributed by atoms with E-state index in [0.717, 1.165) is 24.2 Å². The van der Waals surface area contributed by atoms with Gasteiger partial charge in [0.05, 0.1) is 11.9 Å². The molecule has 0 aliphatic rings. The molecule has 106 valence electrons. The molecule has 0 fully saturated rings. The van der Waals surface area contributed by atoms with Crippen LogP contribution >= 0.6 is 0 Å². The average molecular weight is 272 g/mol. The van der Waals surface area contributed by atoms with E-state index in [-0.39, 0.29) is 5.91 Å². The quantitative estimate of drug-likeness (QED) is 0.847. The van der Waals surface area contributed by atoms with Gasteiger partial charge in [-0.05, 0) is 24.5 Å². The Bertz CT molecular complexity index is 534. The maximum absolute atomic E-state index is 11.9. The van der Waals surface area contributed by atoms with Gasteiger partial charge in [0.15, 0.2) is 0 Å². The SMILES string of the molecule is CCC(C)c1ccc(C(=O)NCCc2cnc[nH]2)cn1. The summed E-state index contributed by atoms with van der Waals surface area (Å²) in [6.45, 7) is 4.84. The van der Waals surface area contributed by atoms with Gasteiger partial charge in [0.2, 0.25) is 0 Å². The lowest BCUT2D eigenvalue weighted by Crippen LogP contribution is -2.25. The second-order valence-electron chi connectivity index (χ2n) is 4.86. The van der Waals surface area contributed by atoms with E-state index < -0.39 is 0 Å². The number of carbonyl (C=O) groups excluding carboxylic acids is 1. The zero-order chi connectivity index (χ0) is 14.4. The normalized spacial score (nSPS) is 12.1. The molecule has 1 unspecified atom stereocenters. The molecule has 2 N–H and O–H groups in total. The van der Waals surface area contributed by atoms with Crippen molar-refractivity contribution in [3.8, 4) is 0 Å². The Morgan fingerprint density at radius 1 is 1.40 bits per heavy atom. The van der Waals surface area contributed by atoms with E-state index in [1.807, 2.05) is 12.1 Å². The first-order valence-corrected chi connectivity index (χ1v) is 6.92. The number of pyridine rings is 1. The van der Waals surface area contributed by atoms with Crippen molar-refractivity contribution in [3.05, 3.63) is 47.8 Å². The molecule has 0 saturated heterocycles. The summed E-state index contributed by atoms with van der Waals surface area (Å²) in [5, 5.41) is 2.87. The van der Waals surface area contributed by atoms with Gasteiger partial charge in [0.1, 0.15) is 0 Å². The summed E-state index contributed by atoms with van der Waals surface area (Å²) in [5.41, 5.74) is 2.64. The zero-order valence-corrected chi connectivity index (χ0v) is 11.9. The number of hydrogen-bond donors (Lipinski definition) is 2. The molecule has 1 amide bonds. The van der Waals surface area contributed by atoms with Crippen molar-refractivity contribution in [1.82, 2.24) is 20.3 Å². The van der Waals surface area contributed by atoms with Gasteiger partial charge >= 0.3 is 0 Å². The minimum Gasteiger partial charge on any atom is -0.352 e. The molecular weight excluding hydrogens is 252 g/mol. The standard InChI is InChI=1S/C15H20N4O/c1-3-11(2)14-5-4-12(8-18-14)15(20)17-7-6-13-9-16-10-19-13/h4-5,8-11H,3,6-7H2,1-2H3,(H,16,19)(H,17,20). The van der Waals surface area contributed by atoms with E-state index in [0.29, 0.717) is 18.0 Å². The van der Waals surface area contributed by atoms with Crippen LogP contribution < -0.4 is 5.32 Å². The number of carbonyl (C=O) groups is 1. The number of nitrogens with zero attached hydrogens (tertiary/aromatic N) is 2. The molecular formula is C15H20N4O. The van der Waals surface area contributed by atoms with Crippen molar-refractivity contribution >= 4 is 5.91 Å². The maximum Gasteiger partial charge on any atom is 0.252 e. The molecule has 2 rings (SSSR count).